The van der Waals surface area contributed by atoms with E-state index in [9.17, 15) is 9.59 Å². The van der Waals surface area contributed by atoms with Gasteiger partial charge >= 0.3 is 5.97 Å². The Kier molecular flexibility index (Phi) is 4.91. The number of rotatable bonds is 5. The molecule has 0 spiro atoms. The van der Waals surface area contributed by atoms with Crippen molar-refractivity contribution in [2.45, 2.75) is 70.9 Å². The van der Waals surface area contributed by atoms with E-state index >= 15 is 0 Å². The van der Waals surface area contributed by atoms with Gasteiger partial charge in [0.1, 0.15) is 12.2 Å². The lowest BCUT2D eigenvalue weighted by molar-refractivity contribution is -0.174. The molecule has 126 valence electrons. The van der Waals surface area contributed by atoms with Gasteiger partial charge in [0.2, 0.25) is 5.78 Å². The molecule has 0 amide bonds. The predicted molar refractivity (Wildman–Crippen MR) is 75.0 cm³/mol. The minimum absolute atomic E-state index is 0.104. The summed E-state index contributed by atoms with van der Waals surface area (Å²) >= 11 is 0. The van der Waals surface area contributed by atoms with E-state index in [0.717, 1.165) is 0 Å². The predicted octanol–water partition coefficient (Wildman–Crippen LogP) is 1.18. The number of ketones is 1. The van der Waals surface area contributed by atoms with Crippen molar-refractivity contribution in [2.24, 2.45) is 0 Å². The minimum Gasteiger partial charge on any atom is -0.460 e. The molecule has 0 radical (unpaired) electrons. The van der Waals surface area contributed by atoms with Gasteiger partial charge in [-0.05, 0) is 34.6 Å². The Bertz CT molecular complexity index is 443. The van der Waals surface area contributed by atoms with Gasteiger partial charge in [0.25, 0.3) is 0 Å². The van der Waals surface area contributed by atoms with Crippen LogP contribution in [0.2, 0.25) is 0 Å². The van der Waals surface area contributed by atoms with Crippen molar-refractivity contribution < 1.29 is 33.3 Å². The zero-order valence-electron chi connectivity index (χ0n) is 13.7. The van der Waals surface area contributed by atoms with Crippen LogP contribution in [0.5, 0.6) is 0 Å². The first-order valence-corrected chi connectivity index (χ1v) is 7.51. The summed E-state index contributed by atoms with van der Waals surface area (Å²) in [6.45, 7) is 9.31. The largest absolute Gasteiger partial charge is 0.460 e. The molecule has 22 heavy (non-hydrogen) atoms. The summed E-state index contributed by atoms with van der Waals surface area (Å²) < 4.78 is 27.7. The molecular formula is C15H24O7. The summed E-state index contributed by atoms with van der Waals surface area (Å²) in [4.78, 5) is 23.4. The van der Waals surface area contributed by atoms with Crippen LogP contribution in [-0.4, -0.2) is 54.9 Å². The van der Waals surface area contributed by atoms with Crippen LogP contribution in [-0.2, 0) is 33.3 Å². The van der Waals surface area contributed by atoms with E-state index in [1.165, 1.54) is 0 Å². The monoisotopic (exact) mass is 316 g/mol. The molecule has 2 aliphatic heterocycles. The standard InChI is InChI=1S/C15H24O7/c1-6-18-13(17)9(16)7-10-12(22-15(4,5)20-10)11-8-19-14(2,3)21-11/h10-12H,6-8H2,1-5H3/t10-,11+,12+/m1/s1. The highest BCUT2D eigenvalue weighted by Gasteiger charge is 2.50. The fourth-order valence-corrected chi connectivity index (χ4v) is 2.69. The summed E-state index contributed by atoms with van der Waals surface area (Å²) in [6.07, 6.45) is -1.51. The van der Waals surface area contributed by atoms with Crippen molar-refractivity contribution in [1.82, 2.24) is 0 Å². The topological polar surface area (TPSA) is 80.3 Å². The maximum absolute atomic E-state index is 11.9. The third-order valence-corrected chi connectivity index (χ3v) is 3.51. The Balaban J connectivity index is 2.04. The third kappa shape index (κ3) is 4.04. The summed E-state index contributed by atoms with van der Waals surface area (Å²) in [5.41, 5.74) is 0. The summed E-state index contributed by atoms with van der Waals surface area (Å²) in [5, 5.41) is 0. The molecule has 0 unspecified atom stereocenters. The lowest BCUT2D eigenvalue weighted by Gasteiger charge is -2.23. The van der Waals surface area contributed by atoms with Crippen molar-refractivity contribution in [1.29, 1.82) is 0 Å². The van der Waals surface area contributed by atoms with Crippen molar-refractivity contribution >= 4 is 11.8 Å². The molecule has 0 bridgehead atoms. The van der Waals surface area contributed by atoms with Gasteiger partial charge in [-0.15, -0.1) is 0 Å². The molecule has 0 N–H and O–H groups in total. The summed E-state index contributed by atoms with van der Waals surface area (Å²) in [6, 6.07) is 0. The number of hydrogen-bond acceptors (Lipinski definition) is 7. The second-order valence-electron chi connectivity index (χ2n) is 6.35. The van der Waals surface area contributed by atoms with Gasteiger partial charge in [-0.3, -0.25) is 4.79 Å². The van der Waals surface area contributed by atoms with Crippen LogP contribution in [0, 0.1) is 0 Å². The van der Waals surface area contributed by atoms with Crippen LogP contribution in [0.1, 0.15) is 41.0 Å². The number of carbonyl (C=O) groups excluding carboxylic acids is 2. The molecule has 0 aromatic carbocycles. The summed E-state index contributed by atoms with van der Waals surface area (Å²) in [5.74, 6) is -3.02. The van der Waals surface area contributed by atoms with Gasteiger partial charge in [0, 0.05) is 6.42 Å². The molecule has 0 aliphatic carbocycles. The fraction of sp³-hybridized carbons (Fsp3) is 0.867. The van der Waals surface area contributed by atoms with Crippen LogP contribution >= 0.6 is 0 Å². The van der Waals surface area contributed by atoms with Gasteiger partial charge in [0.05, 0.1) is 19.3 Å². The maximum atomic E-state index is 11.9. The minimum atomic E-state index is -0.849. The molecule has 3 atom stereocenters. The Morgan fingerprint density at radius 1 is 1.09 bits per heavy atom. The number of Topliss-reactive ketones (excluding diaryl/α,β-unsaturated/α-hetero) is 1. The SMILES string of the molecule is CCOC(=O)C(=O)C[C@H]1OC(C)(C)O[C@@H]1[C@@H]1COC(C)(C)O1. The van der Waals surface area contributed by atoms with Crippen LogP contribution < -0.4 is 0 Å². The quantitative estimate of drug-likeness (QED) is 0.556. The van der Waals surface area contributed by atoms with Gasteiger partial charge in [0.15, 0.2) is 11.6 Å². The highest BCUT2D eigenvalue weighted by atomic mass is 16.8. The van der Waals surface area contributed by atoms with Crippen LogP contribution in [0.25, 0.3) is 0 Å². The van der Waals surface area contributed by atoms with Crippen molar-refractivity contribution in [2.75, 3.05) is 13.2 Å². The zero-order valence-corrected chi connectivity index (χ0v) is 13.7. The fourth-order valence-electron chi connectivity index (χ4n) is 2.69. The van der Waals surface area contributed by atoms with E-state index in [-0.39, 0.29) is 19.1 Å². The maximum Gasteiger partial charge on any atom is 0.374 e. The molecule has 2 aliphatic rings. The molecular weight excluding hydrogens is 292 g/mol. The van der Waals surface area contributed by atoms with Crippen molar-refractivity contribution in [3.63, 3.8) is 0 Å². The second kappa shape index (κ2) is 6.23. The van der Waals surface area contributed by atoms with E-state index in [0.29, 0.717) is 6.61 Å². The highest BCUT2D eigenvalue weighted by molar-refractivity contribution is 6.33. The second-order valence-corrected chi connectivity index (χ2v) is 6.35. The van der Waals surface area contributed by atoms with E-state index in [4.69, 9.17) is 23.7 Å². The smallest absolute Gasteiger partial charge is 0.374 e. The number of carbonyl (C=O) groups is 2. The lowest BCUT2D eigenvalue weighted by Crippen LogP contribution is -2.40. The van der Waals surface area contributed by atoms with E-state index < -0.39 is 35.5 Å². The van der Waals surface area contributed by atoms with E-state index in [1.807, 2.05) is 13.8 Å². The molecule has 0 saturated carbocycles. The van der Waals surface area contributed by atoms with Crippen molar-refractivity contribution in [3.8, 4) is 0 Å². The number of esters is 1. The molecule has 0 aromatic heterocycles. The van der Waals surface area contributed by atoms with E-state index in [2.05, 4.69) is 0 Å². The van der Waals surface area contributed by atoms with Gasteiger partial charge in [-0.2, -0.15) is 0 Å². The van der Waals surface area contributed by atoms with Gasteiger partial charge < -0.3 is 23.7 Å². The Labute approximate surface area is 130 Å². The normalized spacial score (nSPS) is 32.9. The zero-order chi connectivity index (χ0) is 16.5. The lowest BCUT2D eigenvalue weighted by atomic mass is 10.0. The summed E-state index contributed by atoms with van der Waals surface area (Å²) in [7, 11) is 0. The van der Waals surface area contributed by atoms with Crippen LogP contribution in [0.4, 0.5) is 0 Å². The molecule has 0 aromatic rings. The molecule has 2 saturated heterocycles. The first kappa shape index (κ1) is 17.3. The molecule has 7 heteroatoms. The molecule has 2 fully saturated rings. The first-order valence-electron chi connectivity index (χ1n) is 7.51. The first-order chi connectivity index (χ1) is 10.1. The van der Waals surface area contributed by atoms with Gasteiger partial charge in [-0.1, -0.05) is 0 Å². The third-order valence-electron chi connectivity index (χ3n) is 3.51. The van der Waals surface area contributed by atoms with Crippen molar-refractivity contribution in [3.05, 3.63) is 0 Å². The highest BCUT2D eigenvalue weighted by Crippen LogP contribution is 2.36. The van der Waals surface area contributed by atoms with Gasteiger partial charge in [-0.25, -0.2) is 4.79 Å². The Morgan fingerprint density at radius 2 is 1.77 bits per heavy atom. The number of ether oxygens (including phenoxy) is 5. The van der Waals surface area contributed by atoms with Crippen LogP contribution in [0.15, 0.2) is 0 Å². The Morgan fingerprint density at radius 3 is 2.32 bits per heavy atom. The molecule has 2 heterocycles. The average Bonchev–Trinajstić information content (AvgIpc) is 2.89. The average molecular weight is 316 g/mol. The molecule has 7 nitrogen and oxygen atoms in total. The number of hydrogen-bond donors (Lipinski definition) is 0. The Hall–Kier alpha value is -1.02. The van der Waals surface area contributed by atoms with Crippen LogP contribution in [0.3, 0.4) is 0 Å². The van der Waals surface area contributed by atoms with E-state index in [1.54, 1.807) is 20.8 Å². The molecule has 2 rings (SSSR count).